The molecule has 0 saturated carbocycles. The number of Topliss-reactive ketones (excluding diaryl/α,β-unsaturated/α-hetero) is 1. The lowest BCUT2D eigenvalue weighted by atomic mass is 9.96. The van der Waals surface area contributed by atoms with Gasteiger partial charge in [0.25, 0.3) is 0 Å². The molecule has 0 fully saturated rings. The summed E-state index contributed by atoms with van der Waals surface area (Å²) in [4.78, 5) is 32.4. The molecule has 2 heterocycles. The maximum Gasteiger partial charge on any atom is 0.243 e. The van der Waals surface area contributed by atoms with Crippen molar-refractivity contribution in [3.63, 3.8) is 0 Å². The lowest BCUT2D eigenvalue weighted by Crippen LogP contribution is -2.53. The topological polar surface area (TPSA) is 85.4 Å². The quantitative estimate of drug-likeness (QED) is 0.275. The predicted molar refractivity (Wildman–Crippen MR) is 146 cm³/mol. The third-order valence-electron chi connectivity index (χ3n) is 7.26. The number of nitrogens with zero attached hydrogens (tertiary/aromatic N) is 1. The number of aromatic amines is 1. The molecule has 3 aromatic rings. The number of amides is 1. The second-order valence-electron chi connectivity index (χ2n) is 10.3. The number of rotatable bonds is 10. The second kappa shape index (κ2) is 11.7. The molecule has 192 valence electrons. The van der Waals surface area contributed by atoms with Gasteiger partial charge in [0.1, 0.15) is 6.04 Å². The van der Waals surface area contributed by atoms with E-state index in [1.807, 2.05) is 48.7 Å². The van der Waals surface area contributed by atoms with Crippen molar-refractivity contribution < 1.29 is 14.7 Å². The Labute approximate surface area is 214 Å². The molecule has 1 amide bonds. The highest BCUT2D eigenvalue weighted by molar-refractivity contribution is 6.11. The number of anilines is 1. The van der Waals surface area contributed by atoms with Crippen LogP contribution in [0.4, 0.5) is 5.69 Å². The molecule has 2 atom stereocenters. The van der Waals surface area contributed by atoms with Crippen LogP contribution in [0, 0.1) is 5.92 Å². The zero-order valence-corrected chi connectivity index (χ0v) is 21.7. The zero-order valence-electron chi connectivity index (χ0n) is 21.7. The van der Waals surface area contributed by atoms with Crippen LogP contribution in [0.2, 0.25) is 0 Å². The van der Waals surface area contributed by atoms with Crippen LogP contribution < -0.4 is 10.2 Å². The van der Waals surface area contributed by atoms with Gasteiger partial charge < -0.3 is 20.3 Å². The monoisotopic (exact) mass is 489 g/mol. The zero-order chi connectivity index (χ0) is 25.7. The number of nitrogens with one attached hydrogen (secondary N) is 2. The van der Waals surface area contributed by atoms with Crippen LogP contribution in [-0.2, 0) is 17.6 Å². The minimum Gasteiger partial charge on any atom is -0.394 e. The molecule has 1 aliphatic heterocycles. The number of hydrogen-bond donors (Lipinski definition) is 3. The molecule has 2 aromatic carbocycles. The molecule has 4 rings (SSSR count). The maximum atomic E-state index is 13.4. The lowest BCUT2D eigenvalue weighted by Gasteiger charge is -2.36. The average Bonchev–Trinajstić information content (AvgIpc) is 3.31. The van der Waals surface area contributed by atoms with E-state index in [-0.39, 0.29) is 36.3 Å². The van der Waals surface area contributed by atoms with E-state index in [1.165, 1.54) is 0 Å². The summed E-state index contributed by atoms with van der Waals surface area (Å²) in [6.45, 7) is 6.94. The maximum absolute atomic E-state index is 13.4. The van der Waals surface area contributed by atoms with Gasteiger partial charge in [-0.05, 0) is 48.4 Å². The van der Waals surface area contributed by atoms with E-state index in [0.717, 1.165) is 53.5 Å². The highest BCUT2D eigenvalue weighted by atomic mass is 16.3. The number of aliphatic hydroxyl groups excluding tert-OH is 1. The smallest absolute Gasteiger partial charge is 0.243 e. The molecular formula is C30H39N3O3. The average molecular weight is 490 g/mol. The molecular weight excluding hydrogens is 450 g/mol. The van der Waals surface area contributed by atoms with Crippen molar-refractivity contribution in [2.45, 2.75) is 71.4 Å². The summed E-state index contributed by atoms with van der Waals surface area (Å²) >= 11 is 0. The Morgan fingerprint density at radius 1 is 1.14 bits per heavy atom. The number of carbonyl (C=O) groups excluding carboxylic acids is 2. The normalized spacial score (nSPS) is 18.1. The van der Waals surface area contributed by atoms with E-state index in [4.69, 9.17) is 0 Å². The fourth-order valence-electron chi connectivity index (χ4n) is 5.43. The van der Waals surface area contributed by atoms with Gasteiger partial charge in [-0.1, -0.05) is 63.9 Å². The molecule has 1 aromatic heterocycles. The van der Waals surface area contributed by atoms with Gasteiger partial charge in [-0.25, -0.2) is 0 Å². The first-order valence-electron chi connectivity index (χ1n) is 13.3. The van der Waals surface area contributed by atoms with Crippen LogP contribution in [0.15, 0.2) is 48.7 Å². The molecule has 0 radical (unpaired) electrons. The Morgan fingerprint density at radius 2 is 1.92 bits per heavy atom. The van der Waals surface area contributed by atoms with Crippen molar-refractivity contribution in [3.05, 3.63) is 65.4 Å². The van der Waals surface area contributed by atoms with Crippen molar-refractivity contribution in [3.8, 4) is 0 Å². The van der Waals surface area contributed by atoms with Gasteiger partial charge in [-0.2, -0.15) is 0 Å². The molecule has 6 heteroatoms. The van der Waals surface area contributed by atoms with Gasteiger partial charge in [0.15, 0.2) is 5.78 Å². The first-order chi connectivity index (χ1) is 17.4. The first kappa shape index (κ1) is 26.0. The number of hydrogen-bond acceptors (Lipinski definition) is 4. The molecule has 0 spiro atoms. The van der Waals surface area contributed by atoms with E-state index >= 15 is 0 Å². The van der Waals surface area contributed by atoms with Crippen LogP contribution >= 0.6 is 0 Å². The summed E-state index contributed by atoms with van der Waals surface area (Å²) in [7, 11) is 0. The summed E-state index contributed by atoms with van der Waals surface area (Å²) in [5, 5.41) is 14.1. The second-order valence-corrected chi connectivity index (χ2v) is 10.3. The first-order valence-corrected chi connectivity index (χ1v) is 13.3. The van der Waals surface area contributed by atoms with Crippen molar-refractivity contribution in [2.24, 2.45) is 5.92 Å². The number of benzene rings is 2. The SMILES string of the molecule is CCCCCN1c2ccc(C(=O)CCc3ccccc3)c3[nH]cc(c23)C[C@@H](CO)NC(=O)[C@@H]1C(C)C. The predicted octanol–water partition coefficient (Wildman–Crippen LogP) is 5.04. The van der Waals surface area contributed by atoms with Crippen molar-refractivity contribution in [1.29, 1.82) is 0 Å². The molecule has 3 N–H and O–H groups in total. The Balaban J connectivity index is 1.78. The summed E-state index contributed by atoms with van der Waals surface area (Å²) < 4.78 is 0. The van der Waals surface area contributed by atoms with Crippen molar-refractivity contribution >= 4 is 28.3 Å². The van der Waals surface area contributed by atoms with Crippen LogP contribution in [0.3, 0.4) is 0 Å². The molecule has 0 bridgehead atoms. The van der Waals surface area contributed by atoms with Crippen LogP contribution in [0.25, 0.3) is 10.9 Å². The summed E-state index contributed by atoms with van der Waals surface area (Å²) in [6, 6.07) is 13.3. The Bertz CT molecular complexity index is 1180. The minimum atomic E-state index is -0.376. The van der Waals surface area contributed by atoms with Crippen LogP contribution in [0.1, 0.15) is 67.9 Å². The number of H-pyrrole nitrogens is 1. The number of ketones is 1. The Kier molecular flexibility index (Phi) is 8.47. The number of aromatic nitrogens is 1. The molecule has 36 heavy (non-hydrogen) atoms. The van der Waals surface area contributed by atoms with E-state index in [1.54, 1.807) is 0 Å². The Hall–Kier alpha value is -3.12. The summed E-state index contributed by atoms with van der Waals surface area (Å²) in [5.74, 6) is 0.129. The summed E-state index contributed by atoms with van der Waals surface area (Å²) in [6.07, 6.45) is 6.73. The van der Waals surface area contributed by atoms with Gasteiger partial charge in [0.05, 0.1) is 18.2 Å². The summed E-state index contributed by atoms with van der Waals surface area (Å²) in [5.41, 5.74) is 4.67. The number of unbranched alkanes of at least 4 members (excludes halogenated alkanes) is 2. The molecule has 0 saturated heterocycles. The van der Waals surface area contributed by atoms with Gasteiger partial charge in [0.2, 0.25) is 5.91 Å². The lowest BCUT2D eigenvalue weighted by molar-refractivity contribution is -0.124. The number of aryl methyl sites for hydroxylation is 1. The van der Waals surface area contributed by atoms with E-state index < -0.39 is 0 Å². The van der Waals surface area contributed by atoms with E-state index in [2.05, 4.69) is 36.0 Å². The number of carbonyl (C=O) groups is 2. The van der Waals surface area contributed by atoms with Gasteiger partial charge >= 0.3 is 0 Å². The third kappa shape index (κ3) is 5.49. The number of aliphatic hydroxyl groups is 1. The largest absolute Gasteiger partial charge is 0.394 e. The van der Waals surface area contributed by atoms with E-state index in [0.29, 0.717) is 24.8 Å². The highest BCUT2D eigenvalue weighted by Crippen LogP contribution is 2.36. The fraction of sp³-hybridized carbons (Fsp3) is 0.467. The van der Waals surface area contributed by atoms with Gasteiger partial charge in [0, 0.05) is 35.8 Å². The molecule has 1 aliphatic rings. The fourth-order valence-corrected chi connectivity index (χ4v) is 5.43. The minimum absolute atomic E-state index is 0.0501. The standard InChI is InChI=1S/C30H39N3O3/c1-4-5-9-16-33-25-14-13-24(26(35)15-12-21-10-7-6-8-11-21)28-27(25)22(18-31-28)17-23(19-34)32-30(36)29(33)20(2)3/h6-8,10-11,13-14,18,20,23,29,31,34H,4-5,9,12,15-17,19H2,1-3H3,(H,32,36)/t23-,29-/m0/s1. The molecule has 6 nitrogen and oxygen atoms in total. The van der Waals surface area contributed by atoms with Crippen molar-refractivity contribution in [1.82, 2.24) is 10.3 Å². The van der Waals surface area contributed by atoms with Crippen LogP contribution in [-0.4, -0.2) is 47.0 Å². The third-order valence-corrected chi connectivity index (χ3v) is 7.26. The molecule has 0 aliphatic carbocycles. The Morgan fingerprint density at radius 3 is 2.61 bits per heavy atom. The van der Waals surface area contributed by atoms with Crippen molar-refractivity contribution in [2.75, 3.05) is 18.1 Å². The highest BCUT2D eigenvalue weighted by Gasteiger charge is 2.34. The molecule has 0 unspecified atom stereocenters. The van der Waals surface area contributed by atoms with Gasteiger partial charge in [-0.3, -0.25) is 9.59 Å². The van der Waals surface area contributed by atoms with Gasteiger partial charge in [-0.15, -0.1) is 0 Å². The van der Waals surface area contributed by atoms with E-state index in [9.17, 15) is 14.7 Å². The van der Waals surface area contributed by atoms with Crippen LogP contribution in [0.5, 0.6) is 0 Å².